The standard InChI is InChI=1S/C23H29N3O4S/c1-17-14-26(18(2)16-27)31(28,29)23-8-7-20(6-5-19-9-11-24-12-10-19)13-21(23)30-22(17)15-25(3)4/h7-13,17-18,22,27H,14-16H2,1-4H3/t17-,18-,22+/m1/s1. The molecule has 0 bridgehead atoms. The zero-order valence-electron chi connectivity index (χ0n) is 18.3. The van der Waals surface area contributed by atoms with Crippen LogP contribution in [-0.2, 0) is 10.0 Å². The third-order valence-corrected chi connectivity index (χ3v) is 7.26. The molecular formula is C23H29N3O4S. The molecular weight excluding hydrogens is 414 g/mol. The van der Waals surface area contributed by atoms with Gasteiger partial charge in [-0.1, -0.05) is 18.8 Å². The Bertz CT molecular complexity index is 1060. The second-order valence-corrected chi connectivity index (χ2v) is 10.0. The summed E-state index contributed by atoms with van der Waals surface area (Å²) in [5.41, 5.74) is 1.47. The van der Waals surface area contributed by atoms with Gasteiger partial charge in [0, 0.05) is 48.6 Å². The van der Waals surface area contributed by atoms with E-state index in [1.165, 1.54) is 4.31 Å². The molecule has 3 rings (SSSR count). The predicted molar refractivity (Wildman–Crippen MR) is 119 cm³/mol. The maximum Gasteiger partial charge on any atom is 0.247 e. The fraction of sp³-hybridized carbons (Fsp3) is 0.435. The average molecular weight is 444 g/mol. The Morgan fingerprint density at radius 1 is 1.23 bits per heavy atom. The predicted octanol–water partition coefficient (Wildman–Crippen LogP) is 1.81. The number of aromatic nitrogens is 1. The van der Waals surface area contributed by atoms with E-state index in [0.29, 0.717) is 12.1 Å². The monoisotopic (exact) mass is 443 g/mol. The number of aliphatic hydroxyl groups is 1. The van der Waals surface area contributed by atoms with Crippen LogP contribution in [-0.4, -0.2) is 73.7 Å². The Morgan fingerprint density at radius 2 is 1.90 bits per heavy atom. The largest absolute Gasteiger partial charge is 0.487 e. The molecule has 1 aromatic carbocycles. The first-order chi connectivity index (χ1) is 14.7. The third kappa shape index (κ3) is 5.43. The van der Waals surface area contributed by atoms with Gasteiger partial charge in [0.25, 0.3) is 0 Å². The summed E-state index contributed by atoms with van der Waals surface area (Å²) in [6.07, 6.45) is 3.12. The van der Waals surface area contributed by atoms with Crippen molar-refractivity contribution in [3.8, 4) is 17.6 Å². The van der Waals surface area contributed by atoms with E-state index in [1.54, 1.807) is 37.5 Å². The van der Waals surface area contributed by atoms with Crippen LogP contribution in [0.5, 0.6) is 5.75 Å². The number of rotatable bonds is 4. The lowest BCUT2D eigenvalue weighted by atomic mass is 10.0. The zero-order valence-corrected chi connectivity index (χ0v) is 19.1. The van der Waals surface area contributed by atoms with Gasteiger partial charge in [-0.25, -0.2) is 8.42 Å². The van der Waals surface area contributed by atoms with Crippen LogP contribution in [0.2, 0.25) is 0 Å². The fourth-order valence-electron chi connectivity index (χ4n) is 3.46. The number of aliphatic hydroxyl groups excluding tert-OH is 1. The van der Waals surface area contributed by atoms with Crippen molar-refractivity contribution in [3.63, 3.8) is 0 Å². The van der Waals surface area contributed by atoms with Gasteiger partial charge in [-0.05, 0) is 51.4 Å². The van der Waals surface area contributed by atoms with E-state index in [9.17, 15) is 13.5 Å². The molecule has 7 nitrogen and oxygen atoms in total. The van der Waals surface area contributed by atoms with Crippen molar-refractivity contribution in [2.45, 2.75) is 30.9 Å². The van der Waals surface area contributed by atoms with Crippen LogP contribution >= 0.6 is 0 Å². The molecule has 31 heavy (non-hydrogen) atoms. The molecule has 0 radical (unpaired) electrons. The number of sulfonamides is 1. The minimum absolute atomic E-state index is 0.0779. The fourth-order valence-corrected chi connectivity index (χ4v) is 5.29. The van der Waals surface area contributed by atoms with E-state index < -0.39 is 16.1 Å². The van der Waals surface area contributed by atoms with Gasteiger partial charge in [0.1, 0.15) is 16.7 Å². The summed E-state index contributed by atoms with van der Waals surface area (Å²) in [7, 11) is 0.0668. The maximum absolute atomic E-state index is 13.4. The number of hydrogen-bond donors (Lipinski definition) is 1. The van der Waals surface area contributed by atoms with Gasteiger partial charge in [0.05, 0.1) is 6.61 Å². The molecule has 2 aromatic rings. The maximum atomic E-state index is 13.4. The van der Waals surface area contributed by atoms with Crippen LogP contribution in [0.25, 0.3) is 0 Å². The van der Waals surface area contributed by atoms with Gasteiger partial charge in [-0.2, -0.15) is 4.31 Å². The van der Waals surface area contributed by atoms with Crippen molar-refractivity contribution in [1.29, 1.82) is 0 Å². The van der Waals surface area contributed by atoms with E-state index >= 15 is 0 Å². The van der Waals surface area contributed by atoms with Gasteiger partial charge in [0.15, 0.2) is 0 Å². The summed E-state index contributed by atoms with van der Waals surface area (Å²) in [4.78, 5) is 6.09. The quantitative estimate of drug-likeness (QED) is 0.726. The Balaban J connectivity index is 2.08. The van der Waals surface area contributed by atoms with Gasteiger partial charge >= 0.3 is 0 Å². The van der Waals surface area contributed by atoms with E-state index in [4.69, 9.17) is 4.74 Å². The molecule has 1 aromatic heterocycles. The Kier molecular flexibility index (Phi) is 7.34. The van der Waals surface area contributed by atoms with Crippen LogP contribution in [0.15, 0.2) is 47.6 Å². The summed E-state index contributed by atoms with van der Waals surface area (Å²) >= 11 is 0. The number of nitrogens with zero attached hydrogens (tertiary/aromatic N) is 3. The summed E-state index contributed by atoms with van der Waals surface area (Å²) in [5.74, 6) is 6.34. The lowest BCUT2D eigenvalue weighted by Gasteiger charge is -2.37. The number of hydrogen-bond acceptors (Lipinski definition) is 6. The normalized spacial score (nSPS) is 21.7. The number of likely N-dealkylation sites (N-methyl/N-ethyl adjacent to an activating group) is 1. The molecule has 0 spiro atoms. The van der Waals surface area contributed by atoms with Crippen molar-refractivity contribution in [2.75, 3.05) is 33.8 Å². The first-order valence-electron chi connectivity index (χ1n) is 10.2. The molecule has 0 unspecified atom stereocenters. The lowest BCUT2D eigenvalue weighted by molar-refractivity contribution is 0.0812. The molecule has 1 N–H and O–H groups in total. The molecule has 0 amide bonds. The molecule has 1 aliphatic rings. The highest BCUT2D eigenvalue weighted by molar-refractivity contribution is 7.89. The molecule has 0 saturated carbocycles. The van der Waals surface area contributed by atoms with Gasteiger partial charge in [0.2, 0.25) is 10.0 Å². The molecule has 3 atom stereocenters. The summed E-state index contributed by atoms with van der Waals surface area (Å²) in [6, 6.07) is 7.99. The van der Waals surface area contributed by atoms with Crippen molar-refractivity contribution in [1.82, 2.24) is 14.2 Å². The van der Waals surface area contributed by atoms with Crippen LogP contribution in [0, 0.1) is 17.8 Å². The van der Waals surface area contributed by atoms with Crippen molar-refractivity contribution in [2.24, 2.45) is 5.92 Å². The smallest absolute Gasteiger partial charge is 0.247 e. The number of ether oxygens (including phenoxy) is 1. The highest BCUT2D eigenvalue weighted by Crippen LogP contribution is 2.34. The van der Waals surface area contributed by atoms with Gasteiger partial charge in [-0.15, -0.1) is 0 Å². The van der Waals surface area contributed by atoms with Crippen molar-refractivity contribution >= 4 is 10.0 Å². The first kappa shape index (κ1) is 23.2. The summed E-state index contributed by atoms with van der Waals surface area (Å²) < 4.78 is 34.5. The van der Waals surface area contributed by atoms with Crippen molar-refractivity contribution < 1.29 is 18.3 Å². The summed E-state index contributed by atoms with van der Waals surface area (Å²) in [5, 5.41) is 9.68. The first-order valence-corrected chi connectivity index (χ1v) is 11.7. The minimum atomic E-state index is -3.84. The molecule has 0 fully saturated rings. The Labute approximate surface area is 184 Å². The van der Waals surface area contributed by atoms with Gasteiger partial charge in [-0.3, -0.25) is 4.98 Å². The zero-order chi connectivity index (χ0) is 22.6. The van der Waals surface area contributed by atoms with E-state index in [0.717, 1.165) is 5.56 Å². The number of fused-ring (bicyclic) bond motifs is 1. The highest BCUT2D eigenvalue weighted by Gasteiger charge is 2.37. The molecule has 0 aliphatic carbocycles. The number of pyridine rings is 1. The van der Waals surface area contributed by atoms with E-state index in [-0.39, 0.29) is 35.8 Å². The lowest BCUT2D eigenvalue weighted by Crippen LogP contribution is -2.49. The second-order valence-electron chi connectivity index (χ2n) is 8.15. The Morgan fingerprint density at radius 3 is 2.55 bits per heavy atom. The van der Waals surface area contributed by atoms with Crippen LogP contribution in [0.3, 0.4) is 0 Å². The summed E-state index contributed by atoms with van der Waals surface area (Å²) in [6.45, 7) is 4.33. The molecule has 8 heteroatoms. The van der Waals surface area contributed by atoms with Crippen molar-refractivity contribution in [3.05, 3.63) is 53.9 Å². The molecule has 2 heterocycles. The Hall–Kier alpha value is -2.44. The second kappa shape index (κ2) is 9.79. The van der Waals surface area contributed by atoms with Crippen LogP contribution in [0.4, 0.5) is 0 Å². The van der Waals surface area contributed by atoms with E-state index in [2.05, 4.69) is 16.8 Å². The third-order valence-electron chi connectivity index (χ3n) is 5.24. The van der Waals surface area contributed by atoms with Crippen LogP contribution < -0.4 is 4.74 Å². The SMILES string of the molecule is C[C@@H]1CN([C@H](C)CO)S(=O)(=O)c2ccc(C#Cc3ccncc3)cc2O[C@H]1CN(C)C. The van der Waals surface area contributed by atoms with Gasteiger partial charge < -0.3 is 14.7 Å². The topological polar surface area (TPSA) is 83.0 Å². The minimum Gasteiger partial charge on any atom is -0.487 e. The average Bonchev–Trinajstić information content (AvgIpc) is 2.74. The molecule has 0 saturated heterocycles. The molecule has 166 valence electrons. The molecule has 1 aliphatic heterocycles. The number of benzene rings is 1. The highest BCUT2D eigenvalue weighted by atomic mass is 32.2. The van der Waals surface area contributed by atoms with E-state index in [1.807, 2.05) is 38.1 Å². The van der Waals surface area contributed by atoms with Crippen LogP contribution in [0.1, 0.15) is 25.0 Å².